The van der Waals surface area contributed by atoms with Crippen LogP contribution in [0.25, 0.3) is 5.69 Å². The van der Waals surface area contributed by atoms with Crippen molar-refractivity contribution in [3.8, 4) is 5.69 Å². The minimum absolute atomic E-state index is 0.189. The van der Waals surface area contributed by atoms with Gasteiger partial charge in [-0.05, 0) is 31.5 Å². The second kappa shape index (κ2) is 6.55. The molecule has 3 rings (SSSR count). The molecule has 1 saturated heterocycles. The molecular formula is C16H25N7. The summed E-state index contributed by atoms with van der Waals surface area (Å²) in [6.07, 6.45) is 0. The second-order valence-corrected chi connectivity index (χ2v) is 6.31. The zero-order valence-corrected chi connectivity index (χ0v) is 13.8. The molecule has 0 amide bonds. The van der Waals surface area contributed by atoms with E-state index >= 15 is 0 Å². The topological polar surface area (TPSA) is 89.2 Å². The van der Waals surface area contributed by atoms with Crippen molar-refractivity contribution in [1.29, 1.82) is 0 Å². The Bertz CT molecular complexity index is 639. The number of hydrogen-bond donors (Lipinski definition) is 2. The van der Waals surface area contributed by atoms with Gasteiger partial charge in [-0.3, -0.25) is 9.80 Å². The number of aromatic nitrogens is 3. The lowest BCUT2D eigenvalue weighted by atomic mass is 10.1. The van der Waals surface area contributed by atoms with Gasteiger partial charge in [-0.2, -0.15) is 9.67 Å². The maximum atomic E-state index is 5.79. The summed E-state index contributed by atoms with van der Waals surface area (Å²) in [5.74, 6) is 0.495. The Labute approximate surface area is 136 Å². The van der Waals surface area contributed by atoms with Crippen molar-refractivity contribution >= 4 is 11.9 Å². The Kier molecular flexibility index (Phi) is 4.49. The van der Waals surface area contributed by atoms with Crippen molar-refractivity contribution in [1.82, 2.24) is 24.6 Å². The molecular weight excluding hydrogens is 290 g/mol. The molecule has 0 bridgehead atoms. The van der Waals surface area contributed by atoms with E-state index in [0.29, 0.717) is 12.0 Å². The summed E-state index contributed by atoms with van der Waals surface area (Å²) in [6.45, 7) is 10.0. The van der Waals surface area contributed by atoms with Gasteiger partial charge in [-0.1, -0.05) is 12.1 Å². The Morgan fingerprint density at radius 3 is 2.22 bits per heavy atom. The third kappa shape index (κ3) is 3.62. The molecule has 124 valence electrons. The minimum Gasteiger partial charge on any atom is -0.368 e. The van der Waals surface area contributed by atoms with Crippen molar-refractivity contribution < 1.29 is 0 Å². The summed E-state index contributed by atoms with van der Waals surface area (Å²) in [4.78, 5) is 8.94. The number of anilines is 2. The summed E-state index contributed by atoms with van der Waals surface area (Å²) in [7, 11) is 0. The minimum atomic E-state index is 0.189. The largest absolute Gasteiger partial charge is 0.368 e. The SMILES string of the molecule is CC(C)N1CCN(Cc2ccc(-n3nc(N)nc3N)cc2)CC1. The summed E-state index contributed by atoms with van der Waals surface area (Å²) in [5.41, 5.74) is 13.5. The number of rotatable bonds is 4. The highest BCUT2D eigenvalue weighted by molar-refractivity contribution is 5.41. The summed E-state index contributed by atoms with van der Waals surface area (Å²) >= 11 is 0. The Hall–Kier alpha value is -2.12. The van der Waals surface area contributed by atoms with Crippen molar-refractivity contribution in [2.45, 2.75) is 26.4 Å². The van der Waals surface area contributed by atoms with Gasteiger partial charge in [0, 0.05) is 38.8 Å². The van der Waals surface area contributed by atoms with Gasteiger partial charge in [0.1, 0.15) is 0 Å². The first-order valence-electron chi connectivity index (χ1n) is 8.06. The smallest absolute Gasteiger partial charge is 0.241 e. The molecule has 0 aliphatic carbocycles. The quantitative estimate of drug-likeness (QED) is 0.873. The van der Waals surface area contributed by atoms with Crippen molar-refractivity contribution in [2.75, 3.05) is 37.6 Å². The highest BCUT2D eigenvalue weighted by Gasteiger charge is 2.18. The van der Waals surface area contributed by atoms with E-state index in [-0.39, 0.29) is 5.95 Å². The molecule has 23 heavy (non-hydrogen) atoms. The van der Waals surface area contributed by atoms with Crippen LogP contribution in [0.2, 0.25) is 0 Å². The average Bonchev–Trinajstić information content (AvgIpc) is 2.87. The standard InChI is InChI=1S/C16H25N7/c1-12(2)22-9-7-21(8-10-22)11-13-3-5-14(6-4-13)23-16(18)19-15(17)20-23/h3-6,12H,7-11H2,1-2H3,(H4,17,18,19,20). The molecule has 2 aromatic rings. The highest BCUT2D eigenvalue weighted by atomic mass is 15.4. The molecule has 1 aliphatic rings. The van der Waals surface area contributed by atoms with Gasteiger partial charge in [0.25, 0.3) is 0 Å². The molecule has 2 heterocycles. The van der Waals surface area contributed by atoms with Crippen LogP contribution in [-0.4, -0.2) is 56.8 Å². The van der Waals surface area contributed by atoms with Gasteiger partial charge < -0.3 is 11.5 Å². The second-order valence-electron chi connectivity index (χ2n) is 6.31. The van der Waals surface area contributed by atoms with E-state index in [2.05, 4.69) is 45.9 Å². The van der Waals surface area contributed by atoms with Crippen LogP contribution in [0.5, 0.6) is 0 Å². The van der Waals surface area contributed by atoms with Crippen molar-refractivity contribution in [3.63, 3.8) is 0 Å². The molecule has 1 fully saturated rings. The Morgan fingerprint density at radius 1 is 1.04 bits per heavy atom. The van der Waals surface area contributed by atoms with Gasteiger partial charge >= 0.3 is 0 Å². The molecule has 0 unspecified atom stereocenters. The number of nitrogens with zero attached hydrogens (tertiary/aromatic N) is 5. The number of benzene rings is 1. The van der Waals surface area contributed by atoms with E-state index in [1.54, 1.807) is 4.68 Å². The van der Waals surface area contributed by atoms with Crippen LogP contribution < -0.4 is 11.5 Å². The fraction of sp³-hybridized carbons (Fsp3) is 0.500. The van der Waals surface area contributed by atoms with Crippen LogP contribution in [0.15, 0.2) is 24.3 Å². The van der Waals surface area contributed by atoms with Crippen LogP contribution in [0.1, 0.15) is 19.4 Å². The van der Waals surface area contributed by atoms with E-state index in [4.69, 9.17) is 11.5 Å². The summed E-state index contributed by atoms with van der Waals surface area (Å²) < 4.78 is 1.56. The Morgan fingerprint density at radius 2 is 1.70 bits per heavy atom. The van der Waals surface area contributed by atoms with Gasteiger partial charge in [0.05, 0.1) is 5.69 Å². The first kappa shape index (κ1) is 15.8. The van der Waals surface area contributed by atoms with Gasteiger partial charge in [-0.25, -0.2) is 0 Å². The number of piperazine rings is 1. The first-order chi connectivity index (χ1) is 11.0. The maximum absolute atomic E-state index is 5.79. The number of nitrogen functional groups attached to an aromatic ring is 2. The summed E-state index contributed by atoms with van der Waals surface area (Å²) in [6, 6.07) is 8.87. The van der Waals surface area contributed by atoms with Crippen LogP contribution >= 0.6 is 0 Å². The predicted molar refractivity (Wildman–Crippen MR) is 92.2 cm³/mol. The predicted octanol–water partition coefficient (Wildman–Crippen LogP) is 0.958. The van der Waals surface area contributed by atoms with E-state index in [0.717, 1.165) is 38.4 Å². The van der Waals surface area contributed by atoms with E-state index in [1.807, 2.05) is 12.1 Å². The third-order valence-corrected chi connectivity index (χ3v) is 4.37. The normalized spacial score (nSPS) is 17.0. The van der Waals surface area contributed by atoms with Gasteiger partial charge in [0.2, 0.25) is 11.9 Å². The average molecular weight is 315 g/mol. The third-order valence-electron chi connectivity index (χ3n) is 4.37. The monoisotopic (exact) mass is 315 g/mol. The molecule has 1 aromatic carbocycles. The van der Waals surface area contributed by atoms with E-state index in [1.165, 1.54) is 5.56 Å². The highest BCUT2D eigenvalue weighted by Crippen LogP contribution is 2.15. The molecule has 1 aromatic heterocycles. The van der Waals surface area contributed by atoms with E-state index < -0.39 is 0 Å². The van der Waals surface area contributed by atoms with Crippen molar-refractivity contribution in [3.05, 3.63) is 29.8 Å². The number of nitrogens with two attached hydrogens (primary N) is 2. The lowest BCUT2D eigenvalue weighted by Gasteiger charge is -2.36. The molecule has 0 radical (unpaired) electrons. The van der Waals surface area contributed by atoms with Crippen LogP contribution in [0.3, 0.4) is 0 Å². The Balaban J connectivity index is 1.61. The first-order valence-corrected chi connectivity index (χ1v) is 8.06. The molecule has 1 aliphatic heterocycles. The molecule has 4 N–H and O–H groups in total. The zero-order chi connectivity index (χ0) is 16.4. The van der Waals surface area contributed by atoms with Crippen LogP contribution in [-0.2, 0) is 6.54 Å². The molecule has 0 saturated carbocycles. The van der Waals surface area contributed by atoms with Crippen LogP contribution in [0.4, 0.5) is 11.9 Å². The fourth-order valence-corrected chi connectivity index (χ4v) is 2.97. The maximum Gasteiger partial charge on any atom is 0.241 e. The number of hydrogen-bond acceptors (Lipinski definition) is 6. The summed E-state index contributed by atoms with van der Waals surface area (Å²) in [5, 5.41) is 4.09. The van der Waals surface area contributed by atoms with Crippen molar-refractivity contribution in [2.24, 2.45) is 0 Å². The van der Waals surface area contributed by atoms with E-state index in [9.17, 15) is 0 Å². The van der Waals surface area contributed by atoms with Gasteiger partial charge in [-0.15, -0.1) is 5.10 Å². The van der Waals surface area contributed by atoms with Crippen LogP contribution in [0, 0.1) is 0 Å². The molecule has 7 nitrogen and oxygen atoms in total. The lowest BCUT2D eigenvalue weighted by molar-refractivity contribution is 0.104. The fourth-order valence-electron chi connectivity index (χ4n) is 2.97. The molecule has 0 spiro atoms. The zero-order valence-electron chi connectivity index (χ0n) is 13.8. The van der Waals surface area contributed by atoms with Gasteiger partial charge in [0.15, 0.2) is 0 Å². The molecule has 0 atom stereocenters. The lowest BCUT2D eigenvalue weighted by Crippen LogP contribution is -2.48. The molecule has 7 heteroatoms.